The molecule has 1 aromatic carbocycles. The van der Waals surface area contributed by atoms with E-state index < -0.39 is 15.7 Å². The number of halogens is 1. The van der Waals surface area contributed by atoms with Crippen LogP contribution in [0.1, 0.15) is 15.9 Å². The minimum absolute atomic E-state index is 0. The van der Waals surface area contributed by atoms with Crippen molar-refractivity contribution in [2.45, 2.75) is 11.5 Å². The van der Waals surface area contributed by atoms with Gasteiger partial charge in [0.15, 0.2) is 9.84 Å². The molecule has 0 saturated heterocycles. The Bertz CT molecular complexity index is 855. The second-order valence-corrected chi connectivity index (χ2v) is 6.99. The number of nitrogens with zero attached hydrogens (tertiary/aromatic N) is 5. The fraction of sp³-hybridized carbons (Fsp3) is 0.333. The number of carbonyl (C=O) groups excluding carboxylic acids is 1. The molecule has 0 saturated carbocycles. The summed E-state index contributed by atoms with van der Waals surface area (Å²) in [6.07, 6.45) is 1.05. The van der Waals surface area contributed by atoms with E-state index in [1.54, 1.807) is 0 Å². The molecule has 0 aliphatic heterocycles. The van der Waals surface area contributed by atoms with Gasteiger partial charge in [-0.25, -0.2) is 8.42 Å². The molecular weight excluding hydrogens is 385 g/mol. The van der Waals surface area contributed by atoms with Gasteiger partial charge in [0, 0.05) is 24.5 Å². The van der Waals surface area contributed by atoms with E-state index in [1.807, 2.05) is 0 Å². The van der Waals surface area contributed by atoms with E-state index in [0.29, 0.717) is 0 Å². The molecule has 1 amide bonds. The predicted octanol–water partition coefficient (Wildman–Crippen LogP) is -1.74. The average Bonchev–Trinajstić information content (AvgIpc) is 2.85. The number of rotatable bonds is 5. The van der Waals surface area contributed by atoms with E-state index in [2.05, 4.69) is 20.8 Å². The molecule has 1 heterocycles. The van der Waals surface area contributed by atoms with Gasteiger partial charge in [-0.3, -0.25) is 9.89 Å². The summed E-state index contributed by atoms with van der Waals surface area (Å²) in [5.41, 5.74) is 0.239. The molecule has 0 unspecified atom stereocenters. The van der Waals surface area contributed by atoms with E-state index in [1.165, 1.54) is 31.0 Å². The number of aromatic nitrogens is 4. The minimum Gasteiger partial charge on any atom is -0.380 e. The normalized spacial score (nSPS) is 11.0. The topological polar surface area (TPSA) is 118 Å². The van der Waals surface area contributed by atoms with Crippen LogP contribution in [0, 0.1) is 0 Å². The third kappa shape index (κ3) is 4.82. The van der Waals surface area contributed by atoms with E-state index in [9.17, 15) is 13.2 Å². The Morgan fingerprint density at radius 3 is 2.58 bits per heavy atom. The predicted molar refractivity (Wildman–Crippen MR) is 81.4 cm³/mol. The van der Waals surface area contributed by atoms with Gasteiger partial charge in [-0.1, -0.05) is 11.6 Å². The van der Waals surface area contributed by atoms with Gasteiger partial charge >= 0.3 is 51.4 Å². The fourth-order valence-electron chi connectivity index (χ4n) is 1.87. The number of aryl methyl sites for hydroxylation is 1. The Kier molecular flexibility index (Phi) is 7.94. The summed E-state index contributed by atoms with van der Waals surface area (Å²) in [5.74, 6) is -0.683. The van der Waals surface area contributed by atoms with Crippen molar-refractivity contribution in [1.82, 2.24) is 20.2 Å². The number of tetrazole rings is 1. The van der Waals surface area contributed by atoms with Crippen LogP contribution in [-0.2, 0) is 28.2 Å². The van der Waals surface area contributed by atoms with Gasteiger partial charge in [0.05, 0.1) is 22.5 Å². The molecule has 0 N–H and O–H groups in total. The summed E-state index contributed by atoms with van der Waals surface area (Å²) in [5, 5.41) is 14.2. The van der Waals surface area contributed by atoms with Crippen molar-refractivity contribution in [3.05, 3.63) is 33.6 Å². The molecule has 0 atom stereocenters. The molecule has 24 heavy (non-hydrogen) atoms. The Hall–Kier alpha value is -0.404. The maximum Gasteiger partial charge on any atom is 1.00 e. The largest absolute Gasteiger partial charge is 1.00 e. The molecule has 0 bridgehead atoms. The summed E-state index contributed by atoms with van der Waals surface area (Å²) in [6, 6.07) is 2.60. The van der Waals surface area contributed by atoms with Crippen molar-refractivity contribution < 1.29 is 69.3 Å². The van der Waals surface area contributed by atoms with E-state index in [-0.39, 0.29) is 85.0 Å². The average molecular weight is 398 g/mol. The van der Waals surface area contributed by atoms with Crippen LogP contribution in [0.4, 0.5) is 5.95 Å². The first-order valence-electron chi connectivity index (χ1n) is 6.24. The molecule has 1 aromatic heterocycles. The summed E-state index contributed by atoms with van der Waals surface area (Å²) < 4.78 is 29.8. The Morgan fingerprint density at radius 2 is 2.08 bits per heavy atom. The quantitative estimate of drug-likeness (QED) is 0.549. The number of ether oxygens (including phenoxy) is 1. The zero-order valence-electron chi connectivity index (χ0n) is 13.5. The molecule has 0 radical (unpaired) electrons. The standard InChI is InChI=1S/C12H14ClN5O4S.K/c1-18-12(15-16-17-18)14-11(19)7-4-5-9(23(3,20)21)8(6-22-2)10(7)13;/h4-5H,6H2,1-3H3,(H,14,15,17,19);/q;+1/p-1. The Balaban J connectivity index is 0.00000288. The molecule has 12 heteroatoms. The zero-order chi connectivity index (χ0) is 17.2. The van der Waals surface area contributed by atoms with Crippen LogP contribution in [0.2, 0.25) is 5.02 Å². The SMILES string of the molecule is COCc1c(S(C)(=O)=O)ccc(C(=O)[N-]c2nnnn2C)c1Cl.[K+]. The van der Waals surface area contributed by atoms with E-state index in [4.69, 9.17) is 16.3 Å². The van der Waals surface area contributed by atoms with Gasteiger partial charge in [-0.15, -0.1) is 10.4 Å². The van der Waals surface area contributed by atoms with Crippen LogP contribution in [0.15, 0.2) is 17.0 Å². The minimum atomic E-state index is -3.52. The number of hydrogen-bond donors (Lipinski definition) is 0. The summed E-state index contributed by atoms with van der Waals surface area (Å²) in [4.78, 5) is 12.3. The number of amides is 1. The second-order valence-electron chi connectivity index (χ2n) is 4.63. The molecule has 0 aliphatic carbocycles. The summed E-state index contributed by atoms with van der Waals surface area (Å²) in [7, 11) is -0.600. The maximum atomic E-state index is 12.3. The Morgan fingerprint density at radius 1 is 1.42 bits per heavy atom. The molecule has 2 rings (SSSR count). The molecule has 0 aliphatic rings. The van der Waals surface area contributed by atoms with Crippen LogP contribution < -0.4 is 51.4 Å². The van der Waals surface area contributed by atoms with Crippen LogP contribution in [-0.4, -0.2) is 47.9 Å². The number of sulfone groups is 1. The first kappa shape index (κ1) is 21.6. The number of carbonyl (C=O) groups is 1. The monoisotopic (exact) mass is 397 g/mol. The summed E-state index contributed by atoms with van der Waals surface area (Å²) in [6.45, 7) is -0.0616. The molecule has 124 valence electrons. The van der Waals surface area contributed by atoms with Crippen LogP contribution in [0.3, 0.4) is 0 Å². The number of hydrogen-bond acceptors (Lipinski definition) is 7. The number of methoxy groups -OCH3 is 1. The molecule has 9 nitrogen and oxygen atoms in total. The van der Waals surface area contributed by atoms with Gasteiger partial charge < -0.3 is 14.7 Å². The van der Waals surface area contributed by atoms with Crippen molar-refractivity contribution in [3.63, 3.8) is 0 Å². The van der Waals surface area contributed by atoms with E-state index >= 15 is 0 Å². The van der Waals surface area contributed by atoms with Crippen LogP contribution >= 0.6 is 11.6 Å². The molecule has 0 spiro atoms. The third-order valence-corrected chi connectivity index (χ3v) is 4.53. The molecular formula is C12H13ClKN5O4S. The smallest absolute Gasteiger partial charge is 0.380 e. The van der Waals surface area contributed by atoms with Gasteiger partial charge in [0.1, 0.15) is 0 Å². The van der Waals surface area contributed by atoms with Crippen molar-refractivity contribution in [3.8, 4) is 0 Å². The zero-order valence-corrected chi connectivity index (χ0v) is 18.2. The maximum absolute atomic E-state index is 12.3. The van der Waals surface area contributed by atoms with Gasteiger partial charge in [-0.05, 0) is 19.2 Å². The summed E-state index contributed by atoms with van der Waals surface area (Å²) >= 11 is 6.19. The molecule has 2 aromatic rings. The third-order valence-electron chi connectivity index (χ3n) is 2.92. The molecule has 0 fully saturated rings. The first-order chi connectivity index (χ1) is 10.8. The van der Waals surface area contributed by atoms with E-state index in [0.717, 1.165) is 6.26 Å². The second kappa shape index (κ2) is 8.81. The van der Waals surface area contributed by atoms with Crippen molar-refractivity contribution in [1.29, 1.82) is 0 Å². The van der Waals surface area contributed by atoms with Crippen LogP contribution in [0.5, 0.6) is 0 Å². The van der Waals surface area contributed by atoms with Crippen molar-refractivity contribution in [2.24, 2.45) is 7.05 Å². The Labute approximate surface area is 186 Å². The number of benzene rings is 1. The fourth-order valence-corrected chi connectivity index (χ4v) is 3.15. The van der Waals surface area contributed by atoms with Gasteiger partial charge in [0.25, 0.3) is 0 Å². The van der Waals surface area contributed by atoms with Crippen molar-refractivity contribution in [2.75, 3.05) is 13.4 Å². The van der Waals surface area contributed by atoms with Gasteiger partial charge in [0.2, 0.25) is 5.91 Å². The van der Waals surface area contributed by atoms with Crippen LogP contribution in [0.25, 0.3) is 5.32 Å². The first-order valence-corrected chi connectivity index (χ1v) is 8.51. The van der Waals surface area contributed by atoms with Gasteiger partial charge in [-0.2, -0.15) is 0 Å². The van der Waals surface area contributed by atoms with Crippen molar-refractivity contribution >= 4 is 33.3 Å².